The molecule has 4 aliphatic rings. The Morgan fingerprint density at radius 2 is 1.63 bits per heavy atom. The van der Waals surface area contributed by atoms with Crippen LogP contribution in [-0.2, 0) is 14.3 Å². The first-order valence-corrected chi connectivity index (χ1v) is 23.1. The Hall–Kier alpha value is -5.67. The maximum Gasteiger partial charge on any atom is 0.264 e. The van der Waals surface area contributed by atoms with E-state index in [4.69, 9.17) is 26.8 Å². The van der Waals surface area contributed by atoms with Gasteiger partial charge in [0.05, 0.1) is 29.0 Å². The lowest BCUT2D eigenvalue weighted by Crippen LogP contribution is -2.54. The maximum atomic E-state index is 16.8. The Balaban J connectivity index is 0.961. The van der Waals surface area contributed by atoms with Crippen LogP contribution in [0, 0.1) is 11.7 Å². The summed E-state index contributed by atoms with van der Waals surface area (Å²) in [5, 5.41) is 9.35. The van der Waals surface area contributed by atoms with Crippen LogP contribution in [0.4, 0.5) is 10.1 Å². The zero-order chi connectivity index (χ0) is 45.6. The molecule has 2 saturated heterocycles. The van der Waals surface area contributed by atoms with Gasteiger partial charge < -0.3 is 30.7 Å². The Morgan fingerprint density at radius 1 is 0.862 bits per heavy atom. The quantitative estimate of drug-likeness (QED) is 0.0710. The summed E-state index contributed by atoms with van der Waals surface area (Å²) in [6, 6.07) is 23.5. The molecule has 1 aliphatic carbocycles. The fraction of sp³-hybridized carbons (Fsp3) is 0.420. The predicted molar refractivity (Wildman–Crippen MR) is 246 cm³/mol. The van der Waals surface area contributed by atoms with Gasteiger partial charge >= 0.3 is 0 Å². The number of amides is 5. The first kappa shape index (κ1) is 45.9. The van der Waals surface area contributed by atoms with Crippen LogP contribution in [0.25, 0.3) is 11.1 Å². The van der Waals surface area contributed by atoms with Crippen LogP contribution in [0.1, 0.15) is 106 Å². The molecule has 15 heteroatoms. The number of fused-ring (bicyclic) bond motifs is 1. The summed E-state index contributed by atoms with van der Waals surface area (Å²) in [6.07, 6.45) is 6.28. The van der Waals surface area contributed by atoms with Crippen LogP contribution in [-0.4, -0.2) is 99.1 Å². The molecule has 5 N–H and O–H groups in total. The molecule has 65 heavy (non-hydrogen) atoms. The van der Waals surface area contributed by atoms with Crippen molar-refractivity contribution in [1.82, 2.24) is 20.9 Å². The molecule has 342 valence electrons. The summed E-state index contributed by atoms with van der Waals surface area (Å²) in [4.78, 5) is 68.7. The Kier molecular flexibility index (Phi) is 14.6. The highest BCUT2D eigenvalue weighted by molar-refractivity contribution is 6.33. The van der Waals surface area contributed by atoms with Crippen molar-refractivity contribution in [2.75, 3.05) is 51.4 Å². The van der Waals surface area contributed by atoms with Gasteiger partial charge in [0.2, 0.25) is 11.8 Å². The van der Waals surface area contributed by atoms with E-state index in [1.165, 1.54) is 13.2 Å². The molecular weight excluding hydrogens is 851 g/mol. The van der Waals surface area contributed by atoms with Gasteiger partial charge in [0.15, 0.2) is 11.6 Å². The van der Waals surface area contributed by atoms with Crippen molar-refractivity contribution < 1.29 is 37.8 Å². The molecule has 0 aromatic heterocycles. The molecule has 2 atom stereocenters. The van der Waals surface area contributed by atoms with Crippen LogP contribution in [0.3, 0.4) is 0 Å². The van der Waals surface area contributed by atoms with Crippen molar-refractivity contribution in [1.29, 1.82) is 0 Å². The fourth-order valence-electron chi connectivity index (χ4n) is 9.74. The van der Waals surface area contributed by atoms with Gasteiger partial charge in [-0.05, 0) is 105 Å². The maximum absolute atomic E-state index is 16.8. The van der Waals surface area contributed by atoms with E-state index >= 15 is 4.39 Å². The van der Waals surface area contributed by atoms with E-state index in [-0.39, 0.29) is 71.9 Å². The first-order valence-electron chi connectivity index (χ1n) is 22.7. The largest absolute Gasteiger partial charge is 0.488 e. The zero-order valence-corrected chi connectivity index (χ0v) is 37.3. The summed E-state index contributed by atoms with van der Waals surface area (Å²) in [5.41, 5.74) is 9.92. The summed E-state index contributed by atoms with van der Waals surface area (Å²) < 4.78 is 27.8. The second-order valence-electron chi connectivity index (χ2n) is 17.5. The molecule has 3 fully saturated rings. The normalized spacial score (nSPS) is 20.7. The summed E-state index contributed by atoms with van der Waals surface area (Å²) >= 11 is 6.93. The molecule has 4 aromatic carbocycles. The number of piperidine rings is 2. The average Bonchev–Trinajstić information content (AvgIpc) is 3.57. The van der Waals surface area contributed by atoms with Gasteiger partial charge in [0.1, 0.15) is 12.6 Å². The van der Waals surface area contributed by atoms with E-state index in [0.717, 1.165) is 54.6 Å². The van der Waals surface area contributed by atoms with Gasteiger partial charge in [0, 0.05) is 73.9 Å². The van der Waals surface area contributed by atoms with Gasteiger partial charge in [-0.2, -0.15) is 0 Å². The van der Waals surface area contributed by atoms with Crippen LogP contribution >= 0.6 is 11.6 Å². The molecule has 5 amide bonds. The number of nitrogens with zero attached hydrogens (tertiary/aromatic N) is 2. The van der Waals surface area contributed by atoms with Crippen LogP contribution in [0.2, 0.25) is 5.02 Å². The number of benzene rings is 4. The lowest BCUT2D eigenvalue weighted by molar-refractivity contribution is -0.136. The standard InChI is InChI=1S/C50H56ClFN6O7/c1-64-26-27-65-42-18-15-35(44(46(42)52)37-28-32(10-16-39(37)51)38(31-6-3-2-4-7-31)29-55-34-13-11-33(53)12-14-34)47(60)54-23-20-30-21-24-57(25-22-30)40-9-5-8-36-45(40)50(63)58(49(36)62)41-17-19-43(59)56-48(41)61/h2-10,15-16,18,28,30,33-34,38,41,55H,11-14,17,19-27,29,53H2,1H3,(H,54,60)(H,56,59,61). The van der Waals surface area contributed by atoms with Crippen molar-refractivity contribution in [2.45, 2.75) is 81.8 Å². The number of carbonyl (C=O) groups excluding carboxylic acids is 5. The average molecular weight is 907 g/mol. The lowest BCUT2D eigenvalue weighted by atomic mass is 9.87. The molecule has 0 spiro atoms. The smallest absolute Gasteiger partial charge is 0.264 e. The third-order valence-corrected chi connectivity index (χ3v) is 13.7. The Bertz CT molecular complexity index is 2420. The molecule has 3 heterocycles. The summed E-state index contributed by atoms with van der Waals surface area (Å²) in [6.45, 7) is 2.57. The number of carbonyl (C=O) groups is 5. The number of imide groups is 2. The van der Waals surface area contributed by atoms with E-state index in [1.54, 1.807) is 24.3 Å². The molecule has 8 rings (SSSR count). The molecular formula is C50H56ClFN6O7. The second-order valence-corrected chi connectivity index (χ2v) is 17.9. The first-order chi connectivity index (χ1) is 31.5. The second kappa shape index (κ2) is 20.7. The minimum atomic E-state index is -1.04. The van der Waals surface area contributed by atoms with E-state index in [1.807, 2.05) is 36.4 Å². The summed E-state index contributed by atoms with van der Waals surface area (Å²) in [5.74, 6) is -3.14. The summed E-state index contributed by atoms with van der Waals surface area (Å²) in [7, 11) is 1.54. The lowest BCUT2D eigenvalue weighted by Gasteiger charge is -2.34. The van der Waals surface area contributed by atoms with Crippen molar-refractivity contribution in [2.24, 2.45) is 11.7 Å². The molecule has 0 radical (unpaired) electrons. The number of rotatable bonds is 16. The van der Waals surface area contributed by atoms with Crippen LogP contribution in [0.5, 0.6) is 5.75 Å². The molecule has 3 aliphatic heterocycles. The third-order valence-electron chi connectivity index (χ3n) is 13.4. The molecule has 2 unspecified atom stereocenters. The van der Waals surface area contributed by atoms with Crippen LogP contribution in [0.15, 0.2) is 78.9 Å². The van der Waals surface area contributed by atoms with E-state index in [2.05, 4.69) is 33.0 Å². The minimum absolute atomic E-state index is 0.0163. The van der Waals surface area contributed by atoms with E-state index < -0.39 is 41.4 Å². The number of nitrogens with one attached hydrogen (secondary N) is 3. The van der Waals surface area contributed by atoms with Gasteiger partial charge in [-0.3, -0.25) is 34.2 Å². The number of methoxy groups -OCH3 is 1. The highest BCUT2D eigenvalue weighted by Gasteiger charge is 2.46. The Morgan fingerprint density at radius 3 is 2.37 bits per heavy atom. The van der Waals surface area contributed by atoms with Crippen molar-refractivity contribution >= 4 is 46.8 Å². The topological polar surface area (TPSA) is 172 Å². The van der Waals surface area contributed by atoms with Gasteiger partial charge in [0.25, 0.3) is 17.7 Å². The van der Waals surface area contributed by atoms with Gasteiger partial charge in [-0.1, -0.05) is 54.1 Å². The van der Waals surface area contributed by atoms with Crippen molar-refractivity contribution in [3.05, 3.63) is 118 Å². The van der Waals surface area contributed by atoms with Crippen LogP contribution < -0.4 is 31.3 Å². The molecule has 13 nitrogen and oxygen atoms in total. The fourth-order valence-corrected chi connectivity index (χ4v) is 9.95. The zero-order valence-electron chi connectivity index (χ0n) is 36.6. The van der Waals surface area contributed by atoms with Crippen molar-refractivity contribution in [3.8, 4) is 16.9 Å². The molecule has 4 aromatic rings. The highest BCUT2D eigenvalue weighted by atomic mass is 35.5. The minimum Gasteiger partial charge on any atom is -0.488 e. The number of hydrogen-bond donors (Lipinski definition) is 4. The third kappa shape index (κ3) is 10.1. The van der Waals surface area contributed by atoms with Gasteiger partial charge in [-0.15, -0.1) is 0 Å². The highest BCUT2D eigenvalue weighted by Crippen LogP contribution is 2.40. The predicted octanol–water partition coefficient (Wildman–Crippen LogP) is 6.60. The van der Waals surface area contributed by atoms with Crippen molar-refractivity contribution in [3.63, 3.8) is 0 Å². The van der Waals surface area contributed by atoms with E-state index in [0.29, 0.717) is 54.9 Å². The number of nitrogens with two attached hydrogens (primary N) is 1. The number of ether oxygens (including phenoxy) is 2. The van der Waals surface area contributed by atoms with Gasteiger partial charge in [-0.25, -0.2) is 4.39 Å². The molecule has 0 bridgehead atoms. The number of halogens is 2. The SMILES string of the molecule is COCCOc1ccc(C(=O)NCCC2CCN(c3cccc4c3C(=O)N(C3CCC(=O)NC3=O)C4=O)CC2)c(-c2cc(C(CNC3CCC(N)CC3)c3ccccc3)ccc2Cl)c1F. The number of anilines is 1. The van der Waals surface area contributed by atoms with E-state index in [9.17, 15) is 24.0 Å². The number of hydrogen-bond acceptors (Lipinski definition) is 10. The molecule has 1 saturated carbocycles. The monoisotopic (exact) mass is 906 g/mol. The Labute approximate surface area is 383 Å².